The number of piperidine rings is 1. The number of carbonyl (C=O) groups excluding carboxylic acids is 1. The van der Waals surface area contributed by atoms with E-state index in [0.717, 1.165) is 78.7 Å². The highest BCUT2D eigenvalue weighted by atomic mass is 32.2. The summed E-state index contributed by atoms with van der Waals surface area (Å²) in [5.41, 5.74) is 0.440. The van der Waals surface area contributed by atoms with Gasteiger partial charge in [0.25, 0.3) is 0 Å². The first-order valence-electron chi connectivity index (χ1n) is 17.1. The van der Waals surface area contributed by atoms with Crippen LogP contribution in [0, 0.1) is 11.8 Å². The predicted octanol–water partition coefficient (Wildman–Crippen LogP) is 0.689. The van der Waals surface area contributed by atoms with Gasteiger partial charge in [-0.25, -0.2) is 0 Å². The number of morpholine rings is 1. The van der Waals surface area contributed by atoms with E-state index in [4.69, 9.17) is 9.47 Å². The molecule has 3 N–H and O–H groups in total. The fourth-order valence-corrected chi connectivity index (χ4v) is 9.82. The van der Waals surface area contributed by atoms with Gasteiger partial charge in [0.05, 0.1) is 25.4 Å². The second kappa shape index (κ2) is 15.7. The zero-order valence-electron chi connectivity index (χ0n) is 26.0. The van der Waals surface area contributed by atoms with E-state index in [1.807, 2.05) is 0 Å². The van der Waals surface area contributed by atoms with Crippen LogP contribution in [0.25, 0.3) is 0 Å². The summed E-state index contributed by atoms with van der Waals surface area (Å²) in [6.45, 7) is 17.0. The molecular formula is C31H57N7O3S. The maximum atomic E-state index is 12.8. The summed E-state index contributed by atoms with van der Waals surface area (Å²) in [6.07, 6.45) is 7.65. The fraction of sp³-hybridized carbons (Fsp3) is 0.968. The number of nitrogens with zero attached hydrogens (tertiary/aromatic N) is 4. The average Bonchev–Trinajstić information content (AvgIpc) is 3.65. The Bertz CT molecular complexity index is 845. The highest BCUT2D eigenvalue weighted by molar-refractivity contribution is 8.00. The summed E-state index contributed by atoms with van der Waals surface area (Å²) in [6, 6.07) is 1.35. The lowest BCUT2D eigenvalue weighted by Crippen LogP contribution is -2.66. The molecule has 11 heteroatoms. The number of carbonyl (C=O) groups is 1. The van der Waals surface area contributed by atoms with Crippen molar-refractivity contribution >= 4 is 17.7 Å². The standard InChI is InChI=1S/C31H57N7O3S/c1-24-20-25-6-4-7-33-28(25)29(30(24)41-22-27(39)32-8-13-35-9-2-3-10-35)37-12-5-11-36(14-15-37)21-26-23-42-31(34-26)38-16-18-40-19-17-38/h24-26,28-31,33-34H,2-23H2,1H3,(H,32,39). The maximum Gasteiger partial charge on any atom is 0.246 e. The molecule has 0 aromatic carbocycles. The minimum absolute atomic E-state index is 0.0400. The Balaban J connectivity index is 1.02. The van der Waals surface area contributed by atoms with Crippen LogP contribution in [-0.2, 0) is 14.3 Å². The number of fused-ring (bicyclic) bond motifs is 1. The zero-order chi connectivity index (χ0) is 28.7. The van der Waals surface area contributed by atoms with Crippen molar-refractivity contribution in [1.29, 1.82) is 0 Å². The SMILES string of the molecule is CC1CC2CCCNC2C(N2CCCN(CC3CSC(N4CCOCC4)N3)CC2)C1OCC(=O)NCCN1CCCC1. The third kappa shape index (κ3) is 8.20. The minimum atomic E-state index is 0.0400. The Hall–Kier alpha value is -0.500. The predicted molar refractivity (Wildman–Crippen MR) is 169 cm³/mol. The van der Waals surface area contributed by atoms with Gasteiger partial charge in [0, 0.05) is 63.6 Å². The highest BCUT2D eigenvalue weighted by Crippen LogP contribution is 2.38. The Labute approximate surface area is 258 Å². The summed E-state index contributed by atoms with van der Waals surface area (Å²) in [5, 5.41) is 11.0. The smallest absolute Gasteiger partial charge is 0.246 e. The lowest BCUT2D eigenvalue weighted by Gasteiger charge is -2.52. The van der Waals surface area contributed by atoms with Crippen LogP contribution in [-0.4, -0.2) is 159 Å². The highest BCUT2D eigenvalue weighted by Gasteiger charge is 2.47. The largest absolute Gasteiger partial charge is 0.379 e. The topological polar surface area (TPSA) is 84.6 Å². The van der Waals surface area contributed by atoms with Gasteiger partial charge in [-0.05, 0) is 83.1 Å². The molecule has 0 aromatic heterocycles. The molecule has 0 radical (unpaired) electrons. The van der Waals surface area contributed by atoms with E-state index in [0.29, 0.717) is 35.5 Å². The Kier molecular flexibility index (Phi) is 11.7. The van der Waals surface area contributed by atoms with E-state index in [2.05, 4.69) is 54.2 Å². The molecular weight excluding hydrogens is 550 g/mol. The average molecular weight is 608 g/mol. The van der Waals surface area contributed by atoms with Gasteiger partial charge >= 0.3 is 0 Å². The van der Waals surface area contributed by atoms with E-state index in [1.54, 1.807) is 0 Å². The summed E-state index contributed by atoms with van der Waals surface area (Å²) < 4.78 is 12.2. The van der Waals surface area contributed by atoms with Gasteiger partial charge in [0.1, 0.15) is 12.1 Å². The zero-order valence-corrected chi connectivity index (χ0v) is 26.8. The number of nitrogens with one attached hydrogen (secondary N) is 3. The second-order valence-electron chi connectivity index (χ2n) is 13.6. The third-order valence-electron chi connectivity index (χ3n) is 10.7. The van der Waals surface area contributed by atoms with Crippen molar-refractivity contribution < 1.29 is 14.3 Å². The van der Waals surface area contributed by atoms with Crippen molar-refractivity contribution in [3.05, 3.63) is 0 Å². The van der Waals surface area contributed by atoms with Crippen LogP contribution < -0.4 is 16.0 Å². The monoisotopic (exact) mass is 607 g/mol. The van der Waals surface area contributed by atoms with Gasteiger partial charge in [-0.3, -0.25) is 19.9 Å². The van der Waals surface area contributed by atoms with Gasteiger partial charge in [0.15, 0.2) is 0 Å². The molecule has 6 fully saturated rings. The summed E-state index contributed by atoms with van der Waals surface area (Å²) >= 11 is 2.07. The molecule has 1 amide bonds. The molecule has 5 saturated heterocycles. The van der Waals surface area contributed by atoms with Gasteiger partial charge in [-0.1, -0.05) is 6.92 Å². The first kappa shape index (κ1) is 31.5. The van der Waals surface area contributed by atoms with Gasteiger partial charge in [0.2, 0.25) is 5.91 Å². The maximum absolute atomic E-state index is 12.8. The lowest BCUT2D eigenvalue weighted by molar-refractivity contribution is -0.137. The number of rotatable bonds is 10. The van der Waals surface area contributed by atoms with Crippen molar-refractivity contribution in [1.82, 2.24) is 35.6 Å². The van der Waals surface area contributed by atoms with Crippen LogP contribution in [0.4, 0.5) is 0 Å². The molecule has 0 spiro atoms. The van der Waals surface area contributed by atoms with Crippen molar-refractivity contribution in [2.75, 3.05) is 104 Å². The Morgan fingerprint density at radius 2 is 1.81 bits per heavy atom. The van der Waals surface area contributed by atoms with Crippen LogP contribution in [0.3, 0.4) is 0 Å². The van der Waals surface area contributed by atoms with Crippen LogP contribution in [0.5, 0.6) is 0 Å². The van der Waals surface area contributed by atoms with E-state index in [9.17, 15) is 4.79 Å². The molecule has 6 rings (SSSR count). The van der Waals surface area contributed by atoms with Crippen LogP contribution in [0.1, 0.15) is 45.4 Å². The van der Waals surface area contributed by atoms with Crippen LogP contribution in [0.2, 0.25) is 0 Å². The minimum Gasteiger partial charge on any atom is -0.379 e. The van der Waals surface area contributed by atoms with E-state index in [1.165, 1.54) is 57.4 Å². The molecule has 240 valence electrons. The number of amides is 1. The molecule has 7 atom stereocenters. The third-order valence-corrected chi connectivity index (χ3v) is 12.0. The first-order chi connectivity index (χ1) is 20.6. The van der Waals surface area contributed by atoms with E-state index in [-0.39, 0.29) is 18.6 Å². The normalized spacial score (nSPS) is 37.9. The van der Waals surface area contributed by atoms with Crippen LogP contribution >= 0.6 is 11.8 Å². The first-order valence-corrected chi connectivity index (χ1v) is 18.2. The van der Waals surface area contributed by atoms with E-state index >= 15 is 0 Å². The van der Waals surface area contributed by atoms with Crippen molar-refractivity contribution in [3.63, 3.8) is 0 Å². The molecule has 10 nitrogen and oxygen atoms in total. The molecule has 5 aliphatic heterocycles. The molecule has 5 heterocycles. The number of thioether (sulfide) groups is 1. The summed E-state index contributed by atoms with van der Waals surface area (Å²) in [7, 11) is 0. The van der Waals surface area contributed by atoms with Crippen molar-refractivity contribution in [3.8, 4) is 0 Å². The van der Waals surface area contributed by atoms with Gasteiger partial charge < -0.3 is 29.9 Å². The number of likely N-dealkylation sites (tertiary alicyclic amines) is 1. The number of hydrogen-bond donors (Lipinski definition) is 3. The molecule has 7 unspecified atom stereocenters. The molecule has 42 heavy (non-hydrogen) atoms. The quantitative estimate of drug-likeness (QED) is 0.330. The van der Waals surface area contributed by atoms with Gasteiger partial charge in [-0.15, -0.1) is 11.8 Å². The fourth-order valence-electron chi connectivity index (χ4n) is 8.49. The number of ether oxygens (including phenoxy) is 2. The Morgan fingerprint density at radius 1 is 0.976 bits per heavy atom. The Morgan fingerprint density at radius 3 is 2.67 bits per heavy atom. The molecule has 0 aromatic rings. The van der Waals surface area contributed by atoms with Crippen LogP contribution in [0.15, 0.2) is 0 Å². The summed E-state index contributed by atoms with van der Waals surface area (Å²) in [4.78, 5) is 23.2. The summed E-state index contributed by atoms with van der Waals surface area (Å²) in [5.74, 6) is 2.40. The molecule has 0 bridgehead atoms. The number of hydrogen-bond acceptors (Lipinski definition) is 10. The molecule has 1 saturated carbocycles. The van der Waals surface area contributed by atoms with Gasteiger partial charge in [-0.2, -0.15) is 0 Å². The second-order valence-corrected chi connectivity index (χ2v) is 14.8. The van der Waals surface area contributed by atoms with Crippen molar-refractivity contribution in [2.24, 2.45) is 11.8 Å². The van der Waals surface area contributed by atoms with E-state index < -0.39 is 0 Å². The van der Waals surface area contributed by atoms with Crippen molar-refractivity contribution in [2.45, 2.75) is 75.2 Å². The molecule has 6 aliphatic rings. The molecule has 1 aliphatic carbocycles. The lowest BCUT2D eigenvalue weighted by atomic mass is 9.70.